The molecule has 0 bridgehead atoms. The van der Waals surface area contributed by atoms with Crippen LogP contribution in [0.4, 0.5) is 4.79 Å². The standard InChI is InChI=1S/C15H19N3O4/c1-15(2)13(20)18(14(21)16-15)9-8-12(19)17-22-10-11-6-4-3-5-7-11/h3-7H,8-10H2,1-2H3,(H,16,21)(H,17,19). The summed E-state index contributed by atoms with van der Waals surface area (Å²) in [6.07, 6.45) is -0.00989. The predicted octanol–water partition coefficient (Wildman–Crippen LogP) is 0.955. The molecule has 1 aliphatic heterocycles. The van der Waals surface area contributed by atoms with Crippen molar-refractivity contribution in [3.05, 3.63) is 35.9 Å². The van der Waals surface area contributed by atoms with E-state index in [0.717, 1.165) is 10.5 Å². The lowest BCUT2D eigenvalue weighted by molar-refractivity contribution is -0.135. The number of imide groups is 1. The summed E-state index contributed by atoms with van der Waals surface area (Å²) in [6, 6.07) is 8.91. The Bertz CT molecular complexity index is 571. The number of benzene rings is 1. The van der Waals surface area contributed by atoms with Crippen molar-refractivity contribution in [1.29, 1.82) is 0 Å². The van der Waals surface area contributed by atoms with E-state index in [2.05, 4.69) is 10.8 Å². The molecule has 1 fully saturated rings. The molecule has 2 rings (SSSR count). The van der Waals surface area contributed by atoms with E-state index in [1.165, 1.54) is 0 Å². The van der Waals surface area contributed by atoms with Gasteiger partial charge in [-0.25, -0.2) is 10.3 Å². The molecule has 4 amide bonds. The molecule has 0 aliphatic carbocycles. The molecule has 1 aromatic carbocycles. The van der Waals surface area contributed by atoms with Crippen molar-refractivity contribution in [2.45, 2.75) is 32.4 Å². The lowest BCUT2D eigenvalue weighted by Gasteiger charge is -2.15. The first-order valence-corrected chi connectivity index (χ1v) is 6.99. The first-order valence-electron chi connectivity index (χ1n) is 6.99. The Balaban J connectivity index is 1.72. The van der Waals surface area contributed by atoms with Crippen LogP contribution in [0.25, 0.3) is 0 Å². The van der Waals surface area contributed by atoms with Gasteiger partial charge in [0.05, 0.1) is 6.61 Å². The maximum Gasteiger partial charge on any atom is 0.325 e. The first-order chi connectivity index (χ1) is 10.4. The molecule has 7 nitrogen and oxygen atoms in total. The Kier molecular flexibility index (Phi) is 4.77. The van der Waals surface area contributed by atoms with Crippen molar-refractivity contribution >= 4 is 17.8 Å². The minimum absolute atomic E-state index is 0.00989. The quantitative estimate of drug-likeness (QED) is 0.605. The minimum atomic E-state index is -0.919. The normalized spacial score (nSPS) is 16.5. The highest BCUT2D eigenvalue weighted by Crippen LogP contribution is 2.16. The maximum absolute atomic E-state index is 11.9. The summed E-state index contributed by atoms with van der Waals surface area (Å²) in [5.74, 6) is -0.725. The fourth-order valence-corrected chi connectivity index (χ4v) is 2.06. The van der Waals surface area contributed by atoms with Gasteiger partial charge in [-0.15, -0.1) is 0 Å². The van der Waals surface area contributed by atoms with Crippen LogP contribution in [0, 0.1) is 0 Å². The van der Waals surface area contributed by atoms with Crippen molar-refractivity contribution in [3.8, 4) is 0 Å². The number of urea groups is 1. The Morgan fingerprint density at radius 1 is 1.27 bits per heavy atom. The monoisotopic (exact) mass is 305 g/mol. The van der Waals surface area contributed by atoms with E-state index in [4.69, 9.17) is 4.84 Å². The van der Waals surface area contributed by atoms with Crippen LogP contribution in [-0.2, 0) is 21.0 Å². The number of nitrogens with zero attached hydrogens (tertiary/aromatic N) is 1. The van der Waals surface area contributed by atoms with Gasteiger partial charge in [0.25, 0.3) is 5.91 Å². The summed E-state index contributed by atoms with van der Waals surface area (Å²) in [4.78, 5) is 41.4. The van der Waals surface area contributed by atoms with E-state index in [1.807, 2.05) is 30.3 Å². The van der Waals surface area contributed by atoms with Gasteiger partial charge in [-0.05, 0) is 19.4 Å². The molecule has 0 atom stereocenters. The number of carbonyl (C=O) groups excluding carboxylic acids is 3. The Hall–Kier alpha value is -2.41. The first kappa shape index (κ1) is 16.0. The van der Waals surface area contributed by atoms with Gasteiger partial charge in [0.1, 0.15) is 5.54 Å². The van der Waals surface area contributed by atoms with Crippen LogP contribution >= 0.6 is 0 Å². The van der Waals surface area contributed by atoms with E-state index >= 15 is 0 Å². The smallest absolute Gasteiger partial charge is 0.324 e. The van der Waals surface area contributed by atoms with Gasteiger partial charge in [0.2, 0.25) is 5.91 Å². The largest absolute Gasteiger partial charge is 0.325 e. The van der Waals surface area contributed by atoms with Crippen molar-refractivity contribution in [1.82, 2.24) is 15.7 Å². The fourth-order valence-electron chi connectivity index (χ4n) is 2.06. The molecule has 118 valence electrons. The predicted molar refractivity (Wildman–Crippen MR) is 78.3 cm³/mol. The highest BCUT2D eigenvalue weighted by molar-refractivity contribution is 6.06. The number of amides is 4. The molecule has 0 aromatic heterocycles. The van der Waals surface area contributed by atoms with Gasteiger partial charge >= 0.3 is 6.03 Å². The van der Waals surface area contributed by atoms with Gasteiger partial charge < -0.3 is 5.32 Å². The third-order valence-electron chi connectivity index (χ3n) is 3.27. The second-order valence-electron chi connectivity index (χ2n) is 5.56. The number of rotatable bonds is 6. The van der Waals surface area contributed by atoms with Gasteiger partial charge in [-0.3, -0.25) is 19.3 Å². The highest BCUT2D eigenvalue weighted by atomic mass is 16.6. The molecular weight excluding hydrogens is 286 g/mol. The number of hydrogen-bond acceptors (Lipinski definition) is 4. The molecule has 1 saturated heterocycles. The SMILES string of the molecule is CC1(C)NC(=O)N(CCC(=O)NOCc2ccccc2)C1=O. The average Bonchev–Trinajstić information content (AvgIpc) is 2.66. The van der Waals surface area contributed by atoms with Gasteiger partial charge in [-0.1, -0.05) is 30.3 Å². The van der Waals surface area contributed by atoms with E-state index in [-0.39, 0.29) is 31.4 Å². The van der Waals surface area contributed by atoms with E-state index in [1.54, 1.807) is 13.8 Å². The molecule has 1 aromatic rings. The zero-order valence-electron chi connectivity index (χ0n) is 12.6. The van der Waals surface area contributed by atoms with Crippen LogP contribution in [0.5, 0.6) is 0 Å². The lowest BCUT2D eigenvalue weighted by atomic mass is 10.1. The summed E-state index contributed by atoms with van der Waals surface area (Å²) >= 11 is 0. The van der Waals surface area contributed by atoms with Crippen molar-refractivity contribution < 1.29 is 19.2 Å². The number of hydroxylamine groups is 1. The second-order valence-corrected chi connectivity index (χ2v) is 5.56. The van der Waals surface area contributed by atoms with Crippen LogP contribution in [-0.4, -0.2) is 34.8 Å². The zero-order chi connectivity index (χ0) is 16.2. The molecule has 0 saturated carbocycles. The molecule has 0 unspecified atom stereocenters. The summed E-state index contributed by atoms with van der Waals surface area (Å²) in [5, 5.41) is 2.56. The number of nitrogens with one attached hydrogen (secondary N) is 2. The van der Waals surface area contributed by atoms with Crippen LogP contribution in [0.1, 0.15) is 25.8 Å². The Morgan fingerprint density at radius 2 is 1.95 bits per heavy atom. The summed E-state index contributed by atoms with van der Waals surface area (Å²) in [6.45, 7) is 3.52. The van der Waals surface area contributed by atoms with Crippen molar-refractivity contribution in [2.24, 2.45) is 0 Å². The molecule has 7 heteroatoms. The average molecular weight is 305 g/mol. The molecule has 22 heavy (non-hydrogen) atoms. The van der Waals surface area contributed by atoms with Gasteiger partial charge in [0.15, 0.2) is 0 Å². The fraction of sp³-hybridized carbons (Fsp3) is 0.400. The molecule has 2 N–H and O–H groups in total. The zero-order valence-corrected chi connectivity index (χ0v) is 12.6. The molecular formula is C15H19N3O4. The molecule has 1 aliphatic rings. The Morgan fingerprint density at radius 3 is 2.55 bits per heavy atom. The van der Waals surface area contributed by atoms with Crippen LogP contribution in [0.2, 0.25) is 0 Å². The van der Waals surface area contributed by atoms with E-state index < -0.39 is 11.6 Å². The van der Waals surface area contributed by atoms with Gasteiger partial charge in [-0.2, -0.15) is 0 Å². The topological polar surface area (TPSA) is 87.7 Å². The lowest BCUT2D eigenvalue weighted by Crippen LogP contribution is -2.40. The highest BCUT2D eigenvalue weighted by Gasteiger charge is 2.43. The molecule has 0 radical (unpaired) electrons. The summed E-state index contributed by atoms with van der Waals surface area (Å²) in [7, 11) is 0. The van der Waals surface area contributed by atoms with Crippen LogP contribution < -0.4 is 10.8 Å². The van der Waals surface area contributed by atoms with Gasteiger partial charge in [0, 0.05) is 13.0 Å². The van der Waals surface area contributed by atoms with Crippen LogP contribution in [0.3, 0.4) is 0 Å². The minimum Gasteiger partial charge on any atom is -0.324 e. The van der Waals surface area contributed by atoms with Crippen LogP contribution in [0.15, 0.2) is 30.3 Å². The van der Waals surface area contributed by atoms with Crippen molar-refractivity contribution in [3.63, 3.8) is 0 Å². The van der Waals surface area contributed by atoms with Crippen molar-refractivity contribution in [2.75, 3.05) is 6.54 Å². The summed E-state index contributed by atoms with van der Waals surface area (Å²) in [5.41, 5.74) is 2.31. The van der Waals surface area contributed by atoms with E-state index in [0.29, 0.717) is 0 Å². The Labute approximate surface area is 128 Å². The third kappa shape index (κ3) is 3.82. The number of hydrogen-bond donors (Lipinski definition) is 2. The van der Waals surface area contributed by atoms with E-state index in [9.17, 15) is 14.4 Å². The number of carbonyl (C=O) groups is 3. The third-order valence-corrected chi connectivity index (χ3v) is 3.27. The summed E-state index contributed by atoms with van der Waals surface area (Å²) < 4.78 is 0. The molecule has 0 spiro atoms. The second kappa shape index (κ2) is 6.57. The molecule has 1 heterocycles. The maximum atomic E-state index is 11.9.